The molecular formula is C32H27ClN2O5P2. The van der Waals surface area contributed by atoms with Gasteiger partial charge < -0.3 is 9.05 Å². The van der Waals surface area contributed by atoms with E-state index >= 15 is 0 Å². The van der Waals surface area contributed by atoms with E-state index in [1.54, 1.807) is 54.6 Å². The van der Waals surface area contributed by atoms with Crippen LogP contribution in [0.3, 0.4) is 0 Å². The Morgan fingerprint density at radius 3 is 1.55 bits per heavy atom. The van der Waals surface area contributed by atoms with E-state index in [0.717, 1.165) is 10.6 Å². The molecule has 10 heteroatoms. The average Bonchev–Trinajstić information content (AvgIpc) is 3.01. The molecule has 0 aliphatic carbocycles. The zero-order valence-corrected chi connectivity index (χ0v) is 25.1. The summed E-state index contributed by atoms with van der Waals surface area (Å²) in [6.07, 6.45) is 0. The van der Waals surface area contributed by atoms with Crippen molar-refractivity contribution in [3.63, 3.8) is 0 Å². The van der Waals surface area contributed by atoms with Crippen molar-refractivity contribution in [1.82, 2.24) is 0 Å². The van der Waals surface area contributed by atoms with E-state index in [0.29, 0.717) is 17.1 Å². The predicted octanol–water partition coefficient (Wildman–Crippen LogP) is 9.43. The van der Waals surface area contributed by atoms with Crippen LogP contribution in [0, 0.1) is 10.1 Å². The SMILES string of the molecule is CC(c1ccc([N+](=O)[O-])cc1Cl)P(=NP(=O)(Oc1ccccc1)Oc1ccccc1)(c1ccccc1)c1ccccc1. The number of halogens is 1. The highest BCUT2D eigenvalue weighted by Gasteiger charge is 2.40. The summed E-state index contributed by atoms with van der Waals surface area (Å²) < 4.78 is 32.4. The molecule has 5 aromatic carbocycles. The Hall–Kier alpha value is -4.15. The van der Waals surface area contributed by atoms with Crippen molar-refractivity contribution in [2.75, 3.05) is 0 Å². The largest absolute Gasteiger partial charge is 0.562 e. The van der Waals surface area contributed by atoms with Gasteiger partial charge in [-0.05, 0) is 40.4 Å². The first-order valence-electron chi connectivity index (χ1n) is 13.1. The zero-order valence-electron chi connectivity index (χ0n) is 22.6. The van der Waals surface area contributed by atoms with Crippen LogP contribution in [0.5, 0.6) is 11.5 Å². The minimum absolute atomic E-state index is 0.123. The molecule has 0 heterocycles. The molecular weight excluding hydrogens is 590 g/mol. The lowest BCUT2D eigenvalue weighted by atomic mass is 10.1. The minimum atomic E-state index is -4.31. The highest BCUT2D eigenvalue weighted by molar-refractivity contribution is 7.84. The van der Waals surface area contributed by atoms with Crippen molar-refractivity contribution in [2.45, 2.75) is 12.6 Å². The van der Waals surface area contributed by atoms with Crippen LogP contribution in [0.25, 0.3) is 0 Å². The summed E-state index contributed by atoms with van der Waals surface area (Å²) in [5.74, 6) is 0.668. The second-order valence-corrected chi connectivity index (χ2v) is 15.0. The molecule has 0 radical (unpaired) electrons. The lowest BCUT2D eigenvalue weighted by Gasteiger charge is -2.33. The summed E-state index contributed by atoms with van der Waals surface area (Å²) >= 11 is 6.72. The molecule has 0 saturated heterocycles. The van der Waals surface area contributed by atoms with E-state index in [1.807, 2.05) is 79.7 Å². The Morgan fingerprint density at radius 1 is 0.714 bits per heavy atom. The van der Waals surface area contributed by atoms with Gasteiger partial charge in [-0.3, -0.25) is 10.1 Å². The standard InChI is InChI=1S/C32H27ClN2O5P2/c1-25(31-23-22-26(35(36)37)24-32(31)33)41(29-18-10-4-11-19-29,30-20-12-5-13-21-30)34-42(38,39-27-14-6-2-7-15-27)40-28-16-8-3-9-17-28/h2-25H,1H3. The normalized spacial score (nSPS) is 12.2. The van der Waals surface area contributed by atoms with Crippen LogP contribution >= 0.6 is 26.4 Å². The van der Waals surface area contributed by atoms with E-state index in [-0.39, 0.29) is 10.7 Å². The van der Waals surface area contributed by atoms with Crippen molar-refractivity contribution < 1.29 is 18.5 Å². The molecule has 212 valence electrons. The van der Waals surface area contributed by atoms with Gasteiger partial charge in [0, 0.05) is 24.8 Å². The maximum Gasteiger partial charge on any atom is 0.562 e. The third kappa shape index (κ3) is 6.34. The lowest BCUT2D eigenvalue weighted by Crippen LogP contribution is -2.21. The van der Waals surface area contributed by atoms with Crippen molar-refractivity contribution in [3.8, 4) is 11.5 Å². The van der Waals surface area contributed by atoms with Crippen LogP contribution in [0.4, 0.5) is 5.69 Å². The van der Waals surface area contributed by atoms with Crippen molar-refractivity contribution in [3.05, 3.63) is 160 Å². The summed E-state index contributed by atoms with van der Waals surface area (Å²) in [6.45, 7) is 1.94. The highest BCUT2D eigenvalue weighted by Crippen LogP contribution is 2.68. The van der Waals surface area contributed by atoms with Crippen LogP contribution in [-0.4, -0.2) is 4.92 Å². The summed E-state index contributed by atoms with van der Waals surface area (Å²) in [5.41, 5.74) is 0.0162. The maximum absolute atomic E-state index is 15.0. The molecule has 0 fully saturated rings. The predicted molar refractivity (Wildman–Crippen MR) is 170 cm³/mol. The molecule has 0 aliphatic heterocycles. The van der Waals surface area contributed by atoms with Crippen molar-refractivity contribution in [2.24, 2.45) is 4.52 Å². The molecule has 0 saturated carbocycles. The fourth-order valence-corrected chi connectivity index (χ4v) is 12.1. The summed E-state index contributed by atoms with van der Waals surface area (Å²) in [4.78, 5) is 11.0. The number of nitrogens with zero attached hydrogens (tertiary/aromatic N) is 2. The fourth-order valence-electron chi connectivity index (χ4n) is 4.71. The lowest BCUT2D eigenvalue weighted by molar-refractivity contribution is -0.384. The monoisotopic (exact) mass is 616 g/mol. The first-order valence-corrected chi connectivity index (χ1v) is 16.8. The molecule has 0 N–H and O–H groups in total. The smallest absolute Gasteiger partial charge is 0.399 e. The number of nitro benzene ring substituents is 1. The third-order valence-corrected chi connectivity index (χ3v) is 13.5. The van der Waals surface area contributed by atoms with E-state index in [9.17, 15) is 14.7 Å². The van der Waals surface area contributed by atoms with Crippen LogP contribution in [0.2, 0.25) is 5.02 Å². The highest BCUT2D eigenvalue weighted by atomic mass is 35.5. The van der Waals surface area contributed by atoms with E-state index in [4.69, 9.17) is 25.2 Å². The first-order chi connectivity index (χ1) is 20.3. The Labute approximate surface area is 249 Å². The number of benzene rings is 5. The second-order valence-electron chi connectivity index (χ2n) is 9.36. The van der Waals surface area contributed by atoms with Gasteiger partial charge in [0.1, 0.15) is 11.5 Å². The van der Waals surface area contributed by atoms with Gasteiger partial charge in [0.15, 0.2) is 0 Å². The van der Waals surface area contributed by atoms with Crippen LogP contribution in [0.1, 0.15) is 18.1 Å². The average molecular weight is 617 g/mol. The molecule has 0 aliphatic rings. The van der Waals surface area contributed by atoms with Crippen molar-refractivity contribution in [1.29, 1.82) is 0 Å². The number of para-hydroxylation sites is 2. The molecule has 1 unspecified atom stereocenters. The molecule has 5 aromatic rings. The van der Waals surface area contributed by atoms with Gasteiger partial charge >= 0.3 is 7.75 Å². The van der Waals surface area contributed by atoms with E-state index < -0.39 is 25.4 Å². The van der Waals surface area contributed by atoms with Crippen LogP contribution < -0.4 is 19.7 Å². The van der Waals surface area contributed by atoms with Gasteiger partial charge in [-0.15, -0.1) is 0 Å². The van der Waals surface area contributed by atoms with E-state index in [2.05, 4.69) is 0 Å². The van der Waals surface area contributed by atoms with Crippen LogP contribution in [-0.2, 0) is 4.57 Å². The summed E-state index contributed by atoms with van der Waals surface area (Å²) in [7, 11) is -7.42. The molecule has 0 spiro atoms. The van der Waals surface area contributed by atoms with Gasteiger partial charge in [0.05, 0.1) is 9.95 Å². The van der Waals surface area contributed by atoms with Gasteiger partial charge in [-0.1, -0.05) is 122 Å². The van der Waals surface area contributed by atoms with Gasteiger partial charge in [0.2, 0.25) is 0 Å². The molecule has 1 atom stereocenters. The van der Waals surface area contributed by atoms with E-state index in [1.165, 1.54) is 12.1 Å². The minimum Gasteiger partial charge on any atom is -0.399 e. The zero-order chi connectivity index (χ0) is 29.6. The molecule has 7 nitrogen and oxygen atoms in total. The number of hydrogen-bond acceptors (Lipinski definition) is 5. The maximum atomic E-state index is 15.0. The molecule has 5 rings (SSSR count). The summed E-state index contributed by atoms with van der Waals surface area (Å²) in [6, 6.07) is 41.1. The quantitative estimate of drug-likeness (QED) is 0.0885. The Morgan fingerprint density at radius 2 is 1.14 bits per heavy atom. The molecule has 0 bridgehead atoms. The Balaban J connectivity index is 1.84. The van der Waals surface area contributed by atoms with Crippen molar-refractivity contribution >= 4 is 42.7 Å². The van der Waals surface area contributed by atoms with Gasteiger partial charge in [0.25, 0.3) is 5.69 Å². The fraction of sp³-hybridized carbons (Fsp3) is 0.0625. The molecule has 0 amide bonds. The topological polar surface area (TPSA) is 91.0 Å². The number of hydrogen-bond donors (Lipinski definition) is 0. The number of nitro groups is 1. The van der Waals surface area contributed by atoms with Gasteiger partial charge in [-0.25, -0.2) is 4.57 Å². The summed E-state index contributed by atoms with van der Waals surface area (Å²) in [5, 5.41) is 13.3. The Bertz CT molecular complexity index is 1680. The Kier molecular flexibility index (Phi) is 8.94. The second kappa shape index (κ2) is 12.8. The van der Waals surface area contributed by atoms with Gasteiger partial charge in [-0.2, -0.15) is 4.52 Å². The molecule has 0 aromatic heterocycles. The third-order valence-electron chi connectivity index (χ3n) is 6.68. The first kappa shape index (κ1) is 29.3. The number of non-ortho nitro benzene ring substituents is 1. The number of rotatable bonds is 10. The van der Waals surface area contributed by atoms with Crippen LogP contribution in [0.15, 0.2) is 144 Å². The molecule has 42 heavy (non-hydrogen) atoms.